The van der Waals surface area contributed by atoms with E-state index in [0.29, 0.717) is 0 Å². The van der Waals surface area contributed by atoms with Crippen LogP contribution >= 0.6 is 11.3 Å². The van der Waals surface area contributed by atoms with Gasteiger partial charge in [-0.2, -0.15) is 0 Å². The molecule has 0 spiro atoms. The van der Waals surface area contributed by atoms with Crippen LogP contribution in [0.4, 0.5) is 0 Å². The Morgan fingerprint density at radius 2 is 2.50 bits per heavy atom. The Morgan fingerprint density at radius 1 is 1.75 bits per heavy atom. The van der Waals surface area contributed by atoms with Crippen LogP contribution in [-0.4, -0.2) is 4.98 Å². The maximum Gasteiger partial charge on any atom is 0.152 e. The fraction of sp³-hybridized carbons (Fsp3) is 0.500. The van der Waals surface area contributed by atoms with Gasteiger partial charge in [0.15, 0.2) is 5.51 Å². The number of aryl methyl sites for hydroxylation is 2. The van der Waals surface area contributed by atoms with Crippen LogP contribution in [0.3, 0.4) is 0 Å². The summed E-state index contributed by atoms with van der Waals surface area (Å²) >= 11 is 1.59. The van der Waals surface area contributed by atoms with Crippen LogP contribution in [0.25, 0.3) is 0 Å². The standard InChI is InChI=1S/C6H8NS/c1-3-6-5(2)8-4-7-6/h3H2,1-2H3. The number of aromatic nitrogens is 1. The SMILES string of the molecule is CCc1n[c]sc1C. The summed E-state index contributed by atoms with van der Waals surface area (Å²) in [5.41, 5.74) is 4.03. The van der Waals surface area contributed by atoms with Gasteiger partial charge < -0.3 is 0 Å². The molecule has 0 aliphatic carbocycles. The smallest absolute Gasteiger partial charge is 0.152 e. The molecular formula is C6H8NS. The van der Waals surface area contributed by atoms with Crippen molar-refractivity contribution in [3.8, 4) is 0 Å². The van der Waals surface area contributed by atoms with Gasteiger partial charge in [0, 0.05) is 4.88 Å². The Balaban J connectivity index is 2.92. The largest absolute Gasteiger partial charge is 0.238 e. The van der Waals surface area contributed by atoms with Gasteiger partial charge in [0.25, 0.3) is 0 Å². The van der Waals surface area contributed by atoms with Crippen LogP contribution in [0, 0.1) is 12.4 Å². The second-order valence-electron chi connectivity index (χ2n) is 1.66. The molecule has 43 valence electrons. The first-order valence-corrected chi connectivity index (χ1v) is 3.48. The molecule has 8 heavy (non-hydrogen) atoms. The highest BCUT2D eigenvalue weighted by Crippen LogP contribution is 2.09. The number of rotatable bonds is 1. The first-order chi connectivity index (χ1) is 3.84. The third-order valence-corrected chi connectivity index (χ3v) is 1.85. The van der Waals surface area contributed by atoms with Crippen molar-refractivity contribution in [3.05, 3.63) is 16.1 Å². The highest BCUT2D eigenvalue weighted by Gasteiger charge is 1.95. The van der Waals surface area contributed by atoms with Crippen LogP contribution in [0.2, 0.25) is 0 Å². The van der Waals surface area contributed by atoms with Crippen molar-refractivity contribution >= 4 is 11.3 Å². The summed E-state index contributed by atoms with van der Waals surface area (Å²) in [7, 11) is 0. The third-order valence-electron chi connectivity index (χ3n) is 1.12. The maximum absolute atomic E-state index is 4.03. The molecule has 0 saturated heterocycles. The Labute approximate surface area is 53.4 Å². The zero-order valence-electron chi connectivity index (χ0n) is 5.06. The molecule has 0 aliphatic rings. The van der Waals surface area contributed by atoms with Crippen LogP contribution < -0.4 is 0 Å². The quantitative estimate of drug-likeness (QED) is 0.559. The van der Waals surface area contributed by atoms with Gasteiger partial charge in [-0.05, 0) is 13.3 Å². The van der Waals surface area contributed by atoms with Gasteiger partial charge in [-0.15, -0.1) is 11.3 Å². The van der Waals surface area contributed by atoms with Crippen LogP contribution in [-0.2, 0) is 6.42 Å². The lowest BCUT2D eigenvalue weighted by Gasteiger charge is -1.85. The van der Waals surface area contributed by atoms with Gasteiger partial charge in [0.2, 0.25) is 0 Å². The molecule has 0 bridgehead atoms. The van der Waals surface area contributed by atoms with E-state index >= 15 is 0 Å². The monoisotopic (exact) mass is 126 g/mol. The van der Waals surface area contributed by atoms with Gasteiger partial charge in [0.1, 0.15) is 0 Å². The maximum atomic E-state index is 4.03. The minimum atomic E-state index is 1.03. The van der Waals surface area contributed by atoms with E-state index in [1.165, 1.54) is 10.6 Å². The molecule has 1 heterocycles. The van der Waals surface area contributed by atoms with Crippen molar-refractivity contribution < 1.29 is 0 Å². The van der Waals surface area contributed by atoms with E-state index in [-0.39, 0.29) is 0 Å². The van der Waals surface area contributed by atoms with Gasteiger partial charge in [-0.1, -0.05) is 6.92 Å². The number of hydrogen-bond acceptors (Lipinski definition) is 2. The Morgan fingerprint density at radius 3 is 2.75 bits per heavy atom. The van der Waals surface area contributed by atoms with Crippen molar-refractivity contribution in [3.63, 3.8) is 0 Å². The summed E-state index contributed by atoms with van der Waals surface area (Å²) in [6.07, 6.45) is 1.03. The molecule has 1 aromatic heterocycles. The van der Waals surface area contributed by atoms with Crippen molar-refractivity contribution in [1.29, 1.82) is 0 Å². The molecule has 2 heteroatoms. The van der Waals surface area contributed by atoms with Crippen LogP contribution in [0.1, 0.15) is 17.5 Å². The molecule has 1 nitrogen and oxygen atoms in total. The molecule has 0 N–H and O–H groups in total. The summed E-state index contributed by atoms with van der Waals surface area (Å²) in [6.45, 7) is 4.18. The summed E-state index contributed by atoms with van der Waals surface area (Å²) in [5, 5.41) is 0. The van der Waals surface area contributed by atoms with E-state index < -0.39 is 0 Å². The van der Waals surface area contributed by atoms with Crippen molar-refractivity contribution in [2.75, 3.05) is 0 Å². The molecular weight excluding hydrogens is 118 g/mol. The molecule has 0 aromatic carbocycles. The van der Waals surface area contributed by atoms with E-state index in [4.69, 9.17) is 0 Å². The molecule has 1 radical (unpaired) electrons. The fourth-order valence-corrected chi connectivity index (χ4v) is 1.21. The molecule has 0 aliphatic heterocycles. The van der Waals surface area contributed by atoms with Crippen LogP contribution in [0.15, 0.2) is 0 Å². The van der Waals surface area contributed by atoms with E-state index in [0.717, 1.165) is 6.42 Å². The predicted molar refractivity (Wildman–Crippen MR) is 35.1 cm³/mol. The Hall–Kier alpha value is -0.370. The molecule has 0 fully saturated rings. The lowest BCUT2D eigenvalue weighted by atomic mass is 10.3. The molecule has 0 atom stereocenters. The van der Waals surface area contributed by atoms with E-state index in [2.05, 4.69) is 24.3 Å². The summed E-state index contributed by atoms with van der Waals surface area (Å²) < 4.78 is 0. The minimum Gasteiger partial charge on any atom is -0.238 e. The molecule has 0 amide bonds. The second-order valence-corrected chi connectivity index (χ2v) is 2.66. The number of thiazole rings is 1. The zero-order valence-corrected chi connectivity index (χ0v) is 5.88. The Kier molecular flexibility index (Phi) is 1.63. The summed E-state index contributed by atoms with van der Waals surface area (Å²) in [6, 6.07) is 0. The Bertz CT molecular complexity index is 169. The van der Waals surface area contributed by atoms with Gasteiger partial charge in [-0.25, -0.2) is 4.98 Å². The molecule has 1 rings (SSSR count). The molecule has 0 unspecified atom stereocenters. The van der Waals surface area contributed by atoms with Gasteiger partial charge in [0.05, 0.1) is 5.69 Å². The molecule has 1 aromatic rings. The van der Waals surface area contributed by atoms with Crippen molar-refractivity contribution in [1.82, 2.24) is 4.98 Å². The average Bonchev–Trinajstić information content (AvgIpc) is 2.14. The fourth-order valence-electron chi connectivity index (χ4n) is 0.612. The second kappa shape index (κ2) is 2.27. The number of nitrogens with zero attached hydrogens (tertiary/aromatic N) is 1. The average molecular weight is 126 g/mol. The highest BCUT2D eigenvalue weighted by atomic mass is 32.1. The first-order valence-electron chi connectivity index (χ1n) is 2.67. The lowest BCUT2D eigenvalue weighted by molar-refractivity contribution is 1.04. The molecule has 0 saturated carbocycles. The van der Waals surface area contributed by atoms with Crippen molar-refractivity contribution in [2.45, 2.75) is 20.3 Å². The topological polar surface area (TPSA) is 12.9 Å². The number of hydrogen-bond donors (Lipinski definition) is 0. The summed E-state index contributed by atoms with van der Waals surface area (Å²) in [4.78, 5) is 5.33. The summed E-state index contributed by atoms with van der Waals surface area (Å²) in [5.74, 6) is 0. The first kappa shape index (κ1) is 5.76. The zero-order chi connectivity index (χ0) is 5.98. The third kappa shape index (κ3) is 0.892. The van der Waals surface area contributed by atoms with Crippen molar-refractivity contribution in [2.24, 2.45) is 0 Å². The van der Waals surface area contributed by atoms with E-state index in [1.807, 2.05) is 0 Å². The van der Waals surface area contributed by atoms with E-state index in [9.17, 15) is 0 Å². The van der Waals surface area contributed by atoms with Gasteiger partial charge in [-0.3, -0.25) is 0 Å². The normalized spacial score (nSPS) is 9.75. The van der Waals surface area contributed by atoms with Crippen LogP contribution in [0.5, 0.6) is 0 Å². The van der Waals surface area contributed by atoms with Gasteiger partial charge >= 0.3 is 0 Å². The van der Waals surface area contributed by atoms with E-state index in [1.54, 1.807) is 11.3 Å². The lowest BCUT2D eigenvalue weighted by Crippen LogP contribution is -1.79. The highest BCUT2D eigenvalue weighted by molar-refractivity contribution is 7.09. The predicted octanol–water partition coefficient (Wildman–Crippen LogP) is 1.81. The minimum absolute atomic E-state index is 1.03.